The molecule has 0 amide bonds. The van der Waals surface area contributed by atoms with E-state index in [4.69, 9.17) is 4.74 Å². The smallest absolute Gasteiger partial charge is 0.416 e. The van der Waals surface area contributed by atoms with Crippen molar-refractivity contribution in [3.8, 4) is 5.75 Å². The van der Waals surface area contributed by atoms with Crippen molar-refractivity contribution in [1.29, 1.82) is 0 Å². The summed E-state index contributed by atoms with van der Waals surface area (Å²) in [5, 5.41) is 8.90. The molecule has 3 aromatic rings. The molecule has 0 radical (unpaired) electrons. The van der Waals surface area contributed by atoms with Crippen LogP contribution in [0.3, 0.4) is 0 Å². The van der Waals surface area contributed by atoms with Gasteiger partial charge in [0, 0.05) is 17.3 Å². The van der Waals surface area contributed by atoms with E-state index in [1.54, 1.807) is 11.6 Å². The van der Waals surface area contributed by atoms with Gasteiger partial charge in [-0.1, -0.05) is 45.9 Å². The number of halogens is 4. The van der Waals surface area contributed by atoms with Gasteiger partial charge in [-0.3, -0.25) is 0 Å². The Morgan fingerprint density at radius 1 is 1.11 bits per heavy atom. The van der Waals surface area contributed by atoms with Crippen molar-refractivity contribution < 1.29 is 17.9 Å². The Morgan fingerprint density at radius 3 is 2.56 bits per heavy atom. The van der Waals surface area contributed by atoms with Gasteiger partial charge in [0.1, 0.15) is 12.4 Å². The summed E-state index contributed by atoms with van der Waals surface area (Å²) in [6.45, 7) is 0.0314. The molecule has 2 aromatic carbocycles. The van der Waals surface area contributed by atoms with Gasteiger partial charge >= 0.3 is 6.18 Å². The standard InChI is InChI=1S/C18H15BrF3N3OS/c1-25-16(10-26-15-4-2-3-13(9-15)18(20,21)22)23-24-17(25)27-11-12-5-7-14(19)8-6-12/h2-9H,10-11H2,1H3. The van der Waals surface area contributed by atoms with Gasteiger partial charge in [-0.25, -0.2) is 0 Å². The number of aromatic nitrogens is 3. The molecule has 0 aliphatic heterocycles. The molecular weight excluding hydrogens is 443 g/mol. The van der Waals surface area contributed by atoms with Crippen molar-refractivity contribution >= 4 is 27.7 Å². The van der Waals surface area contributed by atoms with Gasteiger partial charge in [-0.05, 0) is 35.9 Å². The van der Waals surface area contributed by atoms with E-state index in [9.17, 15) is 13.2 Å². The molecule has 0 aliphatic carbocycles. The van der Waals surface area contributed by atoms with E-state index in [1.807, 2.05) is 24.3 Å². The van der Waals surface area contributed by atoms with Crippen LogP contribution in [-0.4, -0.2) is 14.8 Å². The molecule has 0 atom stereocenters. The Kier molecular flexibility index (Phi) is 6.11. The van der Waals surface area contributed by atoms with Gasteiger partial charge in [-0.2, -0.15) is 13.2 Å². The molecule has 4 nitrogen and oxygen atoms in total. The lowest BCUT2D eigenvalue weighted by atomic mass is 10.2. The fourth-order valence-electron chi connectivity index (χ4n) is 2.24. The zero-order valence-electron chi connectivity index (χ0n) is 14.2. The summed E-state index contributed by atoms with van der Waals surface area (Å²) in [5.74, 6) is 1.40. The summed E-state index contributed by atoms with van der Waals surface area (Å²) in [5.41, 5.74) is 0.400. The highest BCUT2D eigenvalue weighted by Crippen LogP contribution is 2.31. The van der Waals surface area contributed by atoms with E-state index in [0.29, 0.717) is 11.0 Å². The van der Waals surface area contributed by atoms with E-state index in [1.165, 1.54) is 23.9 Å². The number of nitrogens with zero attached hydrogens (tertiary/aromatic N) is 3. The second-order valence-electron chi connectivity index (χ2n) is 5.69. The molecule has 3 rings (SSSR count). The molecule has 0 saturated carbocycles. The van der Waals surface area contributed by atoms with E-state index >= 15 is 0 Å². The van der Waals surface area contributed by atoms with E-state index < -0.39 is 11.7 Å². The number of hydrogen-bond acceptors (Lipinski definition) is 4. The van der Waals surface area contributed by atoms with Crippen LogP contribution in [0.1, 0.15) is 17.0 Å². The third-order valence-corrected chi connectivity index (χ3v) is 5.36. The first-order valence-corrected chi connectivity index (χ1v) is 9.66. The first-order chi connectivity index (χ1) is 12.8. The second kappa shape index (κ2) is 8.35. The Balaban J connectivity index is 1.61. The van der Waals surface area contributed by atoms with Gasteiger partial charge in [0.15, 0.2) is 11.0 Å². The first kappa shape index (κ1) is 19.8. The van der Waals surface area contributed by atoms with Crippen LogP contribution in [-0.2, 0) is 25.6 Å². The van der Waals surface area contributed by atoms with Crippen LogP contribution in [0.15, 0.2) is 58.2 Å². The van der Waals surface area contributed by atoms with Gasteiger partial charge < -0.3 is 9.30 Å². The van der Waals surface area contributed by atoms with Crippen LogP contribution >= 0.6 is 27.7 Å². The lowest BCUT2D eigenvalue weighted by Gasteiger charge is -2.10. The highest BCUT2D eigenvalue weighted by molar-refractivity contribution is 9.10. The van der Waals surface area contributed by atoms with E-state index in [0.717, 1.165) is 27.9 Å². The van der Waals surface area contributed by atoms with Crippen molar-refractivity contribution in [2.24, 2.45) is 7.05 Å². The quantitative estimate of drug-likeness (QED) is 0.460. The monoisotopic (exact) mass is 457 g/mol. The van der Waals surface area contributed by atoms with Crippen molar-refractivity contribution in [2.45, 2.75) is 23.7 Å². The maximum Gasteiger partial charge on any atom is 0.416 e. The molecule has 27 heavy (non-hydrogen) atoms. The number of alkyl halides is 3. The highest BCUT2D eigenvalue weighted by atomic mass is 79.9. The predicted octanol–water partition coefficient (Wildman–Crippen LogP) is 5.47. The van der Waals surface area contributed by atoms with Gasteiger partial charge in [0.2, 0.25) is 0 Å². The lowest BCUT2D eigenvalue weighted by Crippen LogP contribution is -2.07. The lowest BCUT2D eigenvalue weighted by molar-refractivity contribution is -0.137. The topological polar surface area (TPSA) is 39.9 Å². The molecule has 0 unspecified atom stereocenters. The zero-order chi connectivity index (χ0) is 19.4. The minimum Gasteiger partial charge on any atom is -0.486 e. The summed E-state index contributed by atoms with van der Waals surface area (Å²) in [6.07, 6.45) is -4.40. The van der Waals surface area contributed by atoms with Gasteiger partial charge in [0.05, 0.1) is 5.56 Å². The van der Waals surface area contributed by atoms with Crippen molar-refractivity contribution in [1.82, 2.24) is 14.8 Å². The van der Waals surface area contributed by atoms with Crippen LogP contribution in [0.2, 0.25) is 0 Å². The molecule has 0 spiro atoms. The number of thioether (sulfide) groups is 1. The normalized spacial score (nSPS) is 11.6. The van der Waals surface area contributed by atoms with Crippen LogP contribution < -0.4 is 4.74 Å². The van der Waals surface area contributed by atoms with Gasteiger partial charge in [0.25, 0.3) is 0 Å². The van der Waals surface area contributed by atoms with E-state index in [-0.39, 0.29) is 12.4 Å². The van der Waals surface area contributed by atoms with Gasteiger partial charge in [-0.15, -0.1) is 10.2 Å². The summed E-state index contributed by atoms with van der Waals surface area (Å²) in [7, 11) is 1.80. The van der Waals surface area contributed by atoms with Crippen molar-refractivity contribution in [3.05, 3.63) is 70.0 Å². The van der Waals surface area contributed by atoms with Crippen LogP contribution in [0.4, 0.5) is 13.2 Å². The molecule has 1 heterocycles. The fourth-order valence-corrected chi connectivity index (χ4v) is 3.39. The van der Waals surface area contributed by atoms with Crippen LogP contribution in [0.5, 0.6) is 5.75 Å². The predicted molar refractivity (Wildman–Crippen MR) is 100 cm³/mol. The molecule has 0 N–H and O–H groups in total. The molecule has 142 valence electrons. The Labute approximate surface area is 166 Å². The SMILES string of the molecule is Cn1c(COc2cccc(C(F)(F)F)c2)nnc1SCc1ccc(Br)cc1. The second-order valence-corrected chi connectivity index (χ2v) is 7.55. The highest BCUT2D eigenvalue weighted by Gasteiger charge is 2.30. The molecule has 0 bridgehead atoms. The number of benzene rings is 2. The van der Waals surface area contributed by atoms with Crippen LogP contribution in [0.25, 0.3) is 0 Å². The van der Waals surface area contributed by atoms with Crippen molar-refractivity contribution in [3.63, 3.8) is 0 Å². The van der Waals surface area contributed by atoms with Crippen LogP contribution in [0, 0.1) is 0 Å². The molecule has 1 aromatic heterocycles. The Morgan fingerprint density at radius 2 is 1.85 bits per heavy atom. The summed E-state index contributed by atoms with van der Waals surface area (Å²) >= 11 is 4.92. The molecule has 0 saturated heterocycles. The number of hydrogen-bond donors (Lipinski definition) is 0. The third-order valence-electron chi connectivity index (χ3n) is 3.74. The maximum atomic E-state index is 12.8. The Bertz CT molecular complexity index is 913. The minimum atomic E-state index is -4.40. The Hall–Kier alpha value is -2.00. The molecule has 9 heteroatoms. The average Bonchev–Trinajstić information content (AvgIpc) is 2.99. The summed E-state index contributed by atoms with van der Waals surface area (Å²) in [4.78, 5) is 0. The van der Waals surface area contributed by atoms with Crippen molar-refractivity contribution in [2.75, 3.05) is 0 Å². The maximum absolute atomic E-state index is 12.8. The molecule has 0 fully saturated rings. The number of ether oxygens (including phenoxy) is 1. The van der Waals surface area contributed by atoms with E-state index in [2.05, 4.69) is 26.1 Å². The third kappa shape index (κ3) is 5.26. The first-order valence-electron chi connectivity index (χ1n) is 7.88. The average molecular weight is 458 g/mol. The summed E-state index contributed by atoms with van der Waals surface area (Å²) in [6, 6.07) is 12.8. The summed E-state index contributed by atoms with van der Waals surface area (Å²) < 4.78 is 46.5. The fraction of sp³-hybridized carbons (Fsp3) is 0.222. The largest absolute Gasteiger partial charge is 0.486 e. The molecule has 0 aliphatic rings. The minimum absolute atomic E-state index is 0.0314. The zero-order valence-corrected chi connectivity index (χ0v) is 16.6. The number of rotatable bonds is 6. The molecular formula is C18H15BrF3N3OS.